The van der Waals surface area contributed by atoms with Crippen LogP contribution in [0, 0.1) is 0 Å². The number of carbonyl (C=O) groups excluding carboxylic acids is 2. The zero-order valence-corrected chi connectivity index (χ0v) is 11.6. The minimum Gasteiger partial charge on any atom is -0.481 e. The lowest BCUT2D eigenvalue weighted by Crippen LogP contribution is -2.58. The van der Waals surface area contributed by atoms with Crippen LogP contribution in [0.15, 0.2) is 0 Å². The van der Waals surface area contributed by atoms with E-state index in [4.69, 9.17) is 15.9 Å². The minimum atomic E-state index is -1.68. The second-order valence-corrected chi connectivity index (χ2v) is 4.51. The summed E-state index contributed by atoms with van der Waals surface area (Å²) in [5.74, 6) is -4.71. The standard InChI is InChI=1S/C11H19N3O7/c1-4(12)9(18)14-8(5(2)15)10(19)13-6(11(20)21)3-7(16)17/h4-6,8,15H,3,12H2,1-2H3,(H,13,19)(H,14,18)(H,16,17)(H,20,21)/t4-,5+,6-,8-/m0/s1. The van der Waals surface area contributed by atoms with Gasteiger partial charge in [0.2, 0.25) is 11.8 Å². The van der Waals surface area contributed by atoms with Crippen molar-refractivity contribution in [2.45, 2.75) is 44.5 Å². The third-order valence-electron chi connectivity index (χ3n) is 2.47. The van der Waals surface area contributed by atoms with Gasteiger partial charge in [0, 0.05) is 0 Å². The Morgan fingerprint density at radius 3 is 1.90 bits per heavy atom. The van der Waals surface area contributed by atoms with Crippen LogP contribution in [0.2, 0.25) is 0 Å². The number of hydrogen-bond acceptors (Lipinski definition) is 6. The average molecular weight is 305 g/mol. The number of nitrogens with two attached hydrogens (primary N) is 1. The molecule has 0 aromatic heterocycles. The molecule has 21 heavy (non-hydrogen) atoms. The molecule has 2 amide bonds. The monoisotopic (exact) mass is 305 g/mol. The van der Waals surface area contributed by atoms with E-state index in [1.54, 1.807) is 0 Å². The molecule has 0 fully saturated rings. The number of nitrogens with one attached hydrogen (secondary N) is 2. The molecule has 120 valence electrons. The molecule has 0 heterocycles. The van der Waals surface area contributed by atoms with Crippen molar-refractivity contribution in [2.24, 2.45) is 5.73 Å². The molecule has 4 atom stereocenters. The largest absolute Gasteiger partial charge is 0.481 e. The zero-order valence-electron chi connectivity index (χ0n) is 11.6. The summed E-state index contributed by atoms with van der Waals surface area (Å²) >= 11 is 0. The zero-order chi connectivity index (χ0) is 16.7. The van der Waals surface area contributed by atoms with Crippen molar-refractivity contribution >= 4 is 23.8 Å². The van der Waals surface area contributed by atoms with E-state index in [1.165, 1.54) is 13.8 Å². The maximum absolute atomic E-state index is 11.9. The van der Waals surface area contributed by atoms with Crippen LogP contribution in [0.1, 0.15) is 20.3 Å². The Labute approximate surface area is 120 Å². The Bertz CT molecular complexity index is 422. The van der Waals surface area contributed by atoms with Crippen LogP contribution in [0.4, 0.5) is 0 Å². The van der Waals surface area contributed by atoms with Gasteiger partial charge in [-0.15, -0.1) is 0 Å². The molecule has 0 aromatic carbocycles. The summed E-state index contributed by atoms with van der Waals surface area (Å²) in [6.07, 6.45) is -2.17. The Hall–Kier alpha value is -2.20. The third-order valence-corrected chi connectivity index (χ3v) is 2.47. The molecule has 0 aliphatic heterocycles. The number of rotatable bonds is 8. The highest BCUT2D eigenvalue weighted by Gasteiger charge is 2.31. The summed E-state index contributed by atoms with van der Waals surface area (Å²) in [5, 5.41) is 30.9. The number of carboxylic acids is 2. The first-order valence-corrected chi connectivity index (χ1v) is 6.05. The van der Waals surface area contributed by atoms with Gasteiger partial charge in [-0.2, -0.15) is 0 Å². The van der Waals surface area contributed by atoms with Gasteiger partial charge < -0.3 is 31.7 Å². The van der Waals surface area contributed by atoms with E-state index in [2.05, 4.69) is 5.32 Å². The highest BCUT2D eigenvalue weighted by Crippen LogP contribution is 1.99. The van der Waals surface area contributed by atoms with Crippen molar-refractivity contribution < 1.29 is 34.5 Å². The first-order valence-electron chi connectivity index (χ1n) is 6.05. The van der Waals surface area contributed by atoms with Crippen molar-refractivity contribution in [3.05, 3.63) is 0 Å². The van der Waals surface area contributed by atoms with E-state index in [9.17, 15) is 24.3 Å². The molecule has 0 rings (SSSR count). The van der Waals surface area contributed by atoms with E-state index in [1.807, 2.05) is 5.32 Å². The van der Waals surface area contributed by atoms with E-state index in [-0.39, 0.29) is 0 Å². The van der Waals surface area contributed by atoms with Crippen molar-refractivity contribution in [3.63, 3.8) is 0 Å². The Morgan fingerprint density at radius 2 is 1.57 bits per heavy atom. The molecular formula is C11H19N3O7. The van der Waals surface area contributed by atoms with Crippen LogP contribution in [0.5, 0.6) is 0 Å². The van der Waals surface area contributed by atoms with Gasteiger partial charge in [-0.05, 0) is 13.8 Å². The SMILES string of the molecule is C[C@H](N)C(=O)N[C@H](C(=O)N[C@@H](CC(=O)O)C(=O)O)[C@@H](C)O. The molecule has 0 bridgehead atoms. The average Bonchev–Trinajstić information content (AvgIpc) is 2.33. The fourth-order valence-corrected chi connectivity index (χ4v) is 1.33. The number of aliphatic hydroxyl groups is 1. The second-order valence-electron chi connectivity index (χ2n) is 4.51. The maximum atomic E-state index is 11.9. The van der Waals surface area contributed by atoms with Crippen molar-refractivity contribution in [3.8, 4) is 0 Å². The molecule has 0 spiro atoms. The predicted molar refractivity (Wildman–Crippen MR) is 69.1 cm³/mol. The molecule has 10 nitrogen and oxygen atoms in total. The van der Waals surface area contributed by atoms with Crippen LogP contribution in [0.25, 0.3) is 0 Å². The molecule has 7 N–H and O–H groups in total. The normalized spacial score (nSPS) is 16.2. The van der Waals surface area contributed by atoms with E-state index < -0.39 is 54.4 Å². The van der Waals surface area contributed by atoms with Crippen molar-refractivity contribution in [2.75, 3.05) is 0 Å². The van der Waals surface area contributed by atoms with Gasteiger partial charge in [0.15, 0.2) is 0 Å². The molecule has 0 unspecified atom stereocenters. The summed E-state index contributed by atoms with van der Waals surface area (Å²) in [6, 6.07) is -4.06. The van der Waals surface area contributed by atoms with Crippen LogP contribution < -0.4 is 16.4 Å². The number of hydrogen-bond donors (Lipinski definition) is 6. The van der Waals surface area contributed by atoms with Crippen molar-refractivity contribution in [1.29, 1.82) is 0 Å². The lowest BCUT2D eigenvalue weighted by Gasteiger charge is -2.23. The Balaban J connectivity index is 4.92. The molecule has 10 heteroatoms. The predicted octanol–water partition coefficient (Wildman–Crippen LogP) is -2.76. The first-order chi connectivity index (χ1) is 9.56. The maximum Gasteiger partial charge on any atom is 0.326 e. The van der Waals surface area contributed by atoms with E-state index in [0.717, 1.165) is 0 Å². The summed E-state index contributed by atoms with van der Waals surface area (Å²) in [5.41, 5.74) is 5.30. The number of aliphatic hydroxyl groups excluding tert-OH is 1. The first kappa shape index (κ1) is 18.8. The van der Waals surface area contributed by atoms with Crippen LogP contribution in [0.3, 0.4) is 0 Å². The van der Waals surface area contributed by atoms with Gasteiger partial charge in [-0.3, -0.25) is 14.4 Å². The van der Waals surface area contributed by atoms with Crippen LogP contribution in [-0.2, 0) is 19.2 Å². The summed E-state index contributed by atoms with van der Waals surface area (Å²) in [7, 11) is 0. The lowest BCUT2D eigenvalue weighted by atomic mass is 10.1. The summed E-state index contributed by atoms with van der Waals surface area (Å²) < 4.78 is 0. The third kappa shape index (κ3) is 6.68. The number of amides is 2. The number of aliphatic carboxylic acids is 2. The van der Waals surface area contributed by atoms with Gasteiger partial charge in [-0.1, -0.05) is 0 Å². The Kier molecular flexibility index (Phi) is 7.31. The topological polar surface area (TPSA) is 179 Å². The summed E-state index contributed by atoms with van der Waals surface area (Å²) in [4.78, 5) is 44.6. The van der Waals surface area contributed by atoms with E-state index >= 15 is 0 Å². The van der Waals surface area contributed by atoms with Gasteiger partial charge in [-0.25, -0.2) is 4.79 Å². The Morgan fingerprint density at radius 1 is 1.05 bits per heavy atom. The number of carboxylic acid groups (broad SMARTS) is 2. The van der Waals surface area contributed by atoms with Crippen LogP contribution >= 0.6 is 0 Å². The number of carbonyl (C=O) groups is 4. The van der Waals surface area contributed by atoms with Crippen LogP contribution in [-0.4, -0.2) is 63.3 Å². The molecule has 0 saturated carbocycles. The smallest absolute Gasteiger partial charge is 0.326 e. The highest BCUT2D eigenvalue weighted by molar-refractivity contribution is 5.93. The van der Waals surface area contributed by atoms with Gasteiger partial charge in [0.05, 0.1) is 18.6 Å². The molecule has 0 aromatic rings. The molecule has 0 radical (unpaired) electrons. The summed E-state index contributed by atoms with van der Waals surface area (Å²) in [6.45, 7) is 2.56. The van der Waals surface area contributed by atoms with Gasteiger partial charge in [0.1, 0.15) is 12.1 Å². The lowest BCUT2D eigenvalue weighted by molar-refractivity contribution is -0.147. The van der Waals surface area contributed by atoms with E-state index in [0.29, 0.717) is 0 Å². The minimum absolute atomic E-state index is 0.721. The molecular weight excluding hydrogens is 286 g/mol. The quantitative estimate of drug-likeness (QED) is 0.279. The van der Waals surface area contributed by atoms with Gasteiger partial charge in [0.25, 0.3) is 0 Å². The second kappa shape index (κ2) is 8.17. The molecule has 0 saturated heterocycles. The van der Waals surface area contributed by atoms with Gasteiger partial charge >= 0.3 is 11.9 Å². The molecule has 0 aliphatic rings. The highest BCUT2D eigenvalue weighted by atomic mass is 16.4. The van der Waals surface area contributed by atoms with Crippen molar-refractivity contribution in [1.82, 2.24) is 10.6 Å². The fourth-order valence-electron chi connectivity index (χ4n) is 1.33. The fraction of sp³-hybridized carbons (Fsp3) is 0.636. The molecule has 0 aliphatic carbocycles.